The van der Waals surface area contributed by atoms with Crippen molar-refractivity contribution in [1.29, 1.82) is 0 Å². The molecular weight excluding hydrogens is 445 g/mol. The minimum absolute atomic E-state index is 0. The molecule has 0 saturated carbocycles. The number of anilines is 1. The predicted molar refractivity (Wildman–Crippen MR) is 128 cm³/mol. The van der Waals surface area contributed by atoms with Gasteiger partial charge in [-0.2, -0.15) is 0 Å². The highest BCUT2D eigenvalue weighted by molar-refractivity contribution is 5.94. The van der Waals surface area contributed by atoms with Gasteiger partial charge in [0.25, 0.3) is 0 Å². The molecule has 8 heteroatoms. The van der Waals surface area contributed by atoms with Gasteiger partial charge in [0, 0.05) is 50.4 Å². The summed E-state index contributed by atoms with van der Waals surface area (Å²) in [4.78, 5) is 14.1. The smallest absolute Gasteiger partial charge is 0.198 e. The van der Waals surface area contributed by atoms with E-state index in [1.54, 1.807) is 13.2 Å². The highest BCUT2D eigenvalue weighted by Crippen LogP contribution is 2.51. The highest BCUT2D eigenvalue weighted by atomic mass is 35.5. The number of nitrogens with two attached hydrogens (primary N) is 1. The number of piperidine rings is 1. The molecule has 3 aromatic rings. The molecule has 1 fully saturated rings. The fourth-order valence-electron chi connectivity index (χ4n) is 5.15. The van der Waals surface area contributed by atoms with E-state index in [2.05, 4.69) is 16.9 Å². The molecule has 0 atom stereocenters. The quantitative estimate of drug-likeness (QED) is 0.570. The summed E-state index contributed by atoms with van der Waals surface area (Å²) in [5.74, 6) is 2.89. The van der Waals surface area contributed by atoms with Gasteiger partial charge in [0.15, 0.2) is 11.7 Å². The molecule has 6 nitrogen and oxygen atoms in total. The molecule has 0 aliphatic carbocycles. The van der Waals surface area contributed by atoms with E-state index in [0.717, 1.165) is 22.2 Å². The lowest BCUT2D eigenvalue weighted by Gasteiger charge is -2.39. The maximum atomic E-state index is 14.7. The Morgan fingerprint density at radius 2 is 2.03 bits per heavy atom. The highest BCUT2D eigenvalue weighted by Gasteiger charge is 2.48. The van der Waals surface area contributed by atoms with E-state index in [1.165, 1.54) is 6.07 Å². The van der Waals surface area contributed by atoms with E-state index in [0.29, 0.717) is 62.7 Å². The number of allylic oxidation sites excluding steroid dienone is 1. The molecule has 2 aliphatic rings. The Bertz CT molecular complexity index is 1230. The first-order chi connectivity index (χ1) is 15.6. The van der Waals surface area contributed by atoms with Crippen molar-refractivity contribution in [2.45, 2.75) is 31.3 Å². The molecule has 5 rings (SSSR count). The van der Waals surface area contributed by atoms with Crippen molar-refractivity contribution >= 4 is 34.9 Å². The first-order valence-corrected chi connectivity index (χ1v) is 10.9. The molecule has 33 heavy (non-hydrogen) atoms. The van der Waals surface area contributed by atoms with Crippen LogP contribution in [0.2, 0.25) is 0 Å². The van der Waals surface area contributed by atoms with Gasteiger partial charge in [-0.3, -0.25) is 0 Å². The Morgan fingerprint density at radius 3 is 2.73 bits per heavy atom. The lowest BCUT2D eigenvalue weighted by atomic mass is 9.72. The number of para-hydroxylation sites is 1. The second-order valence-electron chi connectivity index (χ2n) is 8.47. The normalized spacial score (nSPS) is 16.5. The maximum absolute atomic E-state index is 14.7. The number of methoxy groups -OCH3 is 1. The van der Waals surface area contributed by atoms with Crippen LogP contribution in [0, 0.1) is 5.82 Å². The maximum Gasteiger partial charge on any atom is 0.198 e. The number of rotatable bonds is 5. The van der Waals surface area contributed by atoms with Crippen molar-refractivity contribution < 1.29 is 18.7 Å². The van der Waals surface area contributed by atoms with Crippen molar-refractivity contribution in [2.75, 3.05) is 31.7 Å². The molecule has 2 N–H and O–H groups in total. The fraction of sp³-hybridized carbons (Fsp3) is 0.360. The third kappa shape index (κ3) is 3.71. The van der Waals surface area contributed by atoms with Gasteiger partial charge in [-0.25, -0.2) is 9.18 Å². The Morgan fingerprint density at radius 1 is 1.24 bits per heavy atom. The number of ether oxygens (including phenoxy) is 2. The van der Waals surface area contributed by atoms with E-state index in [4.69, 9.17) is 15.2 Å². The SMILES string of the molecule is COCCn1cc(N2CCC3(CC2)C(=C=O)Oc2ccc(CN)cc23)c2cccc(F)c21.Cl. The zero-order valence-corrected chi connectivity index (χ0v) is 19.3. The van der Waals surface area contributed by atoms with E-state index in [-0.39, 0.29) is 18.2 Å². The van der Waals surface area contributed by atoms with Crippen LogP contribution >= 0.6 is 12.4 Å². The van der Waals surface area contributed by atoms with Gasteiger partial charge >= 0.3 is 0 Å². The number of halogens is 2. The van der Waals surface area contributed by atoms with Crippen LogP contribution in [0.4, 0.5) is 10.1 Å². The van der Waals surface area contributed by atoms with Crippen molar-refractivity contribution in [3.8, 4) is 5.75 Å². The summed E-state index contributed by atoms with van der Waals surface area (Å²) in [6.07, 6.45) is 3.42. The molecule has 1 aromatic heterocycles. The Kier molecular flexibility index (Phi) is 6.50. The lowest BCUT2D eigenvalue weighted by molar-refractivity contribution is 0.188. The predicted octanol–water partition coefficient (Wildman–Crippen LogP) is 3.95. The van der Waals surface area contributed by atoms with Gasteiger partial charge in [0.2, 0.25) is 0 Å². The van der Waals surface area contributed by atoms with Crippen molar-refractivity contribution in [3.63, 3.8) is 0 Å². The summed E-state index contributed by atoms with van der Waals surface area (Å²) in [5, 5.41) is 0.886. The number of carbonyl (C=O) groups excluding carboxylic acids is 1. The van der Waals surface area contributed by atoms with Gasteiger partial charge in [0.1, 0.15) is 11.6 Å². The standard InChI is InChI=1S/C25H26FN3O3.ClH/c1-31-12-11-29-15-21(18-3-2-4-20(26)24(18)29)28-9-7-25(8-10-28)19-13-17(14-27)5-6-22(19)32-23(25)16-30;/h2-6,13,15H,7-12,14,27H2,1H3;1H. The van der Waals surface area contributed by atoms with Crippen LogP contribution in [0.3, 0.4) is 0 Å². The number of aromatic nitrogens is 1. The first-order valence-electron chi connectivity index (χ1n) is 10.9. The monoisotopic (exact) mass is 471 g/mol. The summed E-state index contributed by atoms with van der Waals surface area (Å²) in [5.41, 5.74) is 8.99. The molecule has 0 bridgehead atoms. The Balaban J connectivity index is 0.00000259. The number of fused-ring (bicyclic) bond motifs is 3. The van der Waals surface area contributed by atoms with Crippen LogP contribution in [0.1, 0.15) is 24.0 Å². The van der Waals surface area contributed by atoms with Crippen molar-refractivity contribution in [3.05, 3.63) is 65.3 Å². The summed E-state index contributed by atoms with van der Waals surface area (Å²) in [6, 6.07) is 11.1. The molecule has 2 aliphatic heterocycles. The average Bonchev–Trinajstić information content (AvgIpc) is 3.34. The van der Waals surface area contributed by atoms with E-state index < -0.39 is 5.41 Å². The van der Waals surface area contributed by atoms with Crippen LogP contribution in [-0.4, -0.2) is 37.3 Å². The topological polar surface area (TPSA) is 69.7 Å². The van der Waals surface area contributed by atoms with Gasteiger partial charge in [-0.15, -0.1) is 12.4 Å². The summed E-state index contributed by atoms with van der Waals surface area (Å²) < 4.78 is 27.7. The number of hydrogen-bond donors (Lipinski definition) is 1. The minimum atomic E-state index is -0.488. The van der Waals surface area contributed by atoms with Crippen LogP contribution in [-0.2, 0) is 28.0 Å². The van der Waals surface area contributed by atoms with E-state index >= 15 is 0 Å². The molecular formula is C25H27ClFN3O3. The average molecular weight is 472 g/mol. The molecule has 2 aromatic carbocycles. The Hall–Kier alpha value is -2.83. The lowest BCUT2D eigenvalue weighted by Crippen LogP contribution is -2.43. The second kappa shape index (κ2) is 9.20. The number of nitrogens with zero attached hydrogens (tertiary/aromatic N) is 2. The van der Waals surface area contributed by atoms with Gasteiger partial charge < -0.3 is 24.7 Å². The number of hydrogen-bond acceptors (Lipinski definition) is 5. The zero-order chi connectivity index (χ0) is 22.3. The molecule has 1 saturated heterocycles. The summed E-state index contributed by atoms with van der Waals surface area (Å²) >= 11 is 0. The van der Waals surface area contributed by atoms with Crippen LogP contribution in [0.5, 0.6) is 5.75 Å². The molecule has 0 unspecified atom stereocenters. The summed E-state index contributed by atoms with van der Waals surface area (Å²) in [6.45, 7) is 2.93. The molecule has 0 radical (unpaired) electrons. The van der Waals surface area contributed by atoms with Crippen molar-refractivity contribution in [2.24, 2.45) is 5.73 Å². The van der Waals surface area contributed by atoms with Crippen LogP contribution < -0.4 is 15.4 Å². The van der Waals surface area contributed by atoms with E-state index in [9.17, 15) is 9.18 Å². The van der Waals surface area contributed by atoms with Crippen molar-refractivity contribution in [1.82, 2.24) is 4.57 Å². The third-order valence-corrected chi connectivity index (χ3v) is 6.86. The fourth-order valence-corrected chi connectivity index (χ4v) is 5.15. The van der Waals surface area contributed by atoms with Crippen LogP contribution in [0.15, 0.2) is 48.4 Å². The second-order valence-corrected chi connectivity index (χ2v) is 8.47. The zero-order valence-electron chi connectivity index (χ0n) is 18.5. The molecule has 0 amide bonds. The van der Waals surface area contributed by atoms with Crippen LogP contribution in [0.25, 0.3) is 10.9 Å². The summed E-state index contributed by atoms with van der Waals surface area (Å²) in [7, 11) is 1.64. The van der Waals surface area contributed by atoms with Gasteiger partial charge in [0.05, 0.1) is 23.2 Å². The van der Waals surface area contributed by atoms with Gasteiger partial charge in [-0.1, -0.05) is 18.2 Å². The van der Waals surface area contributed by atoms with E-state index in [1.807, 2.05) is 29.0 Å². The Labute approximate surface area is 198 Å². The molecule has 3 heterocycles. The number of benzene rings is 2. The minimum Gasteiger partial charge on any atom is -0.449 e. The largest absolute Gasteiger partial charge is 0.449 e. The third-order valence-electron chi connectivity index (χ3n) is 6.86. The molecule has 1 spiro atoms. The molecule has 174 valence electrons. The van der Waals surface area contributed by atoms with Gasteiger partial charge in [-0.05, 0) is 36.6 Å². The first kappa shape index (κ1) is 23.3.